The fourth-order valence-electron chi connectivity index (χ4n) is 2.62. The van der Waals surface area contributed by atoms with Crippen molar-refractivity contribution in [3.05, 3.63) is 30.1 Å². The molecule has 2 rings (SSSR count). The van der Waals surface area contributed by atoms with Gasteiger partial charge in [0.15, 0.2) is 0 Å². The van der Waals surface area contributed by atoms with Gasteiger partial charge in [-0.15, -0.1) is 12.4 Å². The largest absolute Gasteiger partial charge is 0.354 e. The summed E-state index contributed by atoms with van der Waals surface area (Å²) in [6.45, 7) is 5.89. The highest BCUT2D eigenvalue weighted by Crippen LogP contribution is 2.29. The Morgan fingerprint density at radius 3 is 2.95 bits per heavy atom. The van der Waals surface area contributed by atoms with Gasteiger partial charge in [-0.05, 0) is 36.9 Å². The number of nitrogens with one attached hydrogen (secondary N) is 2. The van der Waals surface area contributed by atoms with Gasteiger partial charge >= 0.3 is 0 Å². The lowest BCUT2D eigenvalue weighted by Gasteiger charge is -2.38. The van der Waals surface area contributed by atoms with Crippen LogP contribution < -0.4 is 10.6 Å². The van der Waals surface area contributed by atoms with Crippen LogP contribution in [0.1, 0.15) is 32.4 Å². The van der Waals surface area contributed by atoms with E-state index in [1.807, 2.05) is 18.2 Å². The first-order chi connectivity index (χ1) is 9.09. The van der Waals surface area contributed by atoms with Crippen LogP contribution in [0.3, 0.4) is 0 Å². The molecule has 0 aromatic carbocycles. The van der Waals surface area contributed by atoms with E-state index in [1.165, 1.54) is 0 Å². The molecule has 1 aliphatic heterocycles. The number of hydrogen-bond acceptors (Lipinski definition) is 3. The second-order valence-corrected chi connectivity index (χ2v) is 5.84. The normalized spacial score (nSPS) is 20.8. The van der Waals surface area contributed by atoms with E-state index in [-0.39, 0.29) is 29.8 Å². The molecule has 0 saturated carbocycles. The van der Waals surface area contributed by atoms with E-state index in [0.717, 1.165) is 31.5 Å². The summed E-state index contributed by atoms with van der Waals surface area (Å²) in [7, 11) is 0. The van der Waals surface area contributed by atoms with E-state index < -0.39 is 0 Å². The van der Waals surface area contributed by atoms with E-state index in [4.69, 9.17) is 0 Å². The molecule has 5 heteroatoms. The molecule has 2 N–H and O–H groups in total. The molecule has 1 fully saturated rings. The van der Waals surface area contributed by atoms with Crippen LogP contribution in [0, 0.1) is 5.41 Å². The Labute approximate surface area is 127 Å². The van der Waals surface area contributed by atoms with Crippen LogP contribution in [-0.4, -0.2) is 30.0 Å². The maximum atomic E-state index is 12.2. The third kappa shape index (κ3) is 4.46. The summed E-state index contributed by atoms with van der Waals surface area (Å²) in [5, 5.41) is 6.35. The van der Waals surface area contributed by atoms with Crippen molar-refractivity contribution in [2.75, 3.05) is 13.1 Å². The molecule has 0 aliphatic carbocycles. The van der Waals surface area contributed by atoms with Gasteiger partial charge in [0.2, 0.25) is 5.91 Å². The molecule has 0 bridgehead atoms. The Bertz CT molecular complexity index is 422. The Balaban J connectivity index is 0.00000200. The van der Waals surface area contributed by atoms with Crippen LogP contribution in [0.15, 0.2) is 24.4 Å². The SMILES string of the molecule is CC1(C)CCCNC1C(=O)NCCc1ccccn1.Cl. The molecule has 20 heavy (non-hydrogen) atoms. The van der Waals surface area contributed by atoms with Gasteiger partial charge in [-0.1, -0.05) is 19.9 Å². The first-order valence-corrected chi connectivity index (χ1v) is 7.00. The third-order valence-electron chi connectivity index (χ3n) is 3.80. The fraction of sp³-hybridized carbons (Fsp3) is 0.600. The number of carbonyl (C=O) groups is 1. The third-order valence-corrected chi connectivity index (χ3v) is 3.80. The van der Waals surface area contributed by atoms with Gasteiger partial charge in [0.25, 0.3) is 0 Å². The van der Waals surface area contributed by atoms with Crippen LogP contribution in [0.25, 0.3) is 0 Å². The minimum atomic E-state index is -0.0787. The van der Waals surface area contributed by atoms with Gasteiger partial charge in [-0.2, -0.15) is 0 Å². The lowest BCUT2D eigenvalue weighted by Crippen LogP contribution is -2.55. The highest BCUT2D eigenvalue weighted by Gasteiger charge is 2.36. The monoisotopic (exact) mass is 297 g/mol. The van der Waals surface area contributed by atoms with Crippen LogP contribution in [-0.2, 0) is 11.2 Å². The van der Waals surface area contributed by atoms with Gasteiger partial charge in [-0.25, -0.2) is 0 Å². The average molecular weight is 298 g/mol. The maximum Gasteiger partial charge on any atom is 0.237 e. The molecule has 1 unspecified atom stereocenters. The highest BCUT2D eigenvalue weighted by molar-refractivity contribution is 5.85. The molecule has 0 radical (unpaired) electrons. The number of nitrogens with zero attached hydrogens (tertiary/aromatic N) is 1. The van der Waals surface area contributed by atoms with Crippen LogP contribution in [0.5, 0.6) is 0 Å². The fourth-order valence-corrected chi connectivity index (χ4v) is 2.62. The average Bonchev–Trinajstić information content (AvgIpc) is 2.39. The summed E-state index contributed by atoms with van der Waals surface area (Å²) < 4.78 is 0. The zero-order valence-corrected chi connectivity index (χ0v) is 13.0. The minimum Gasteiger partial charge on any atom is -0.354 e. The highest BCUT2D eigenvalue weighted by atomic mass is 35.5. The Morgan fingerprint density at radius 2 is 2.30 bits per heavy atom. The van der Waals surface area contributed by atoms with Gasteiger partial charge in [0.05, 0.1) is 6.04 Å². The van der Waals surface area contributed by atoms with E-state index in [2.05, 4.69) is 29.5 Å². The van der Waals surface area contributed by atoms with Gasteiger partial charge in [0, 0.05) is 24.9 Å². The first-order valence-electron chi connectivity index (χ1n) is 7.00. The van der Waals surface area contributed by atoms with Crippen molar-refractivity contribution in [3.8, 4) is 0 Å². The number of carbonyl (C=O) groups excluding carboxylic acids is 1. The molecule has 1 amide bonds. The second-order valence-electron chi connectivity index (χ2n) is 5.84. The van der Waals surface area contributed by atoms with Crippen LogP contribution >= 0.6 is 12.4 Å². The summed E-state index contributed by atoms with van der Waals surface area (Å²) in [4.78, 5) is 16.5. The molecule has 112 valence electrons. The van der Waals surface area contributed by atoms with Crippen molar-refractivity contribution < 1.29 is 4.79 Å². The Morgan fingerprint density at radius 1 is 1.50 bits per heavy atom. The molecule has 1 atom stereocenters. The number of piperidine rings is 1. The molecular weight excluding hydrogens is 274 g/mol. The number of halogens is 1. The van der Waals surface area contributed by atoms with Crippen LogP contribution in [0.2, 0.25) is 0 Å². The minimum absolute atomic E-state index is 0. The standard InChI is InChI=1S/C15H23N3O.ClH/c1-15(2)8-5-10-17-13(15)14(19)18-11-7-12-6-3-4-9-16-12;/h3-4,6,9,13,17H,5,7-8,10-11H2,1-2H3,(H,18,19);1H. The summed E-state index contributed by atoms with van der Waals surface area (Å²) in [5.41, 5.74) is 1.05. The smallest absolute Gasteiger partial charge is 0.237 e. The van der Waals surface area contributed by atoms with Crippen molar-refractivity contribution in [2.45, 2.75) is 39.2 Å². The van der Waals surface area contributed by atoms with E-state index in [0.29, 0.717) is 6.54 Å². The van der Waals surface area contributed by atoms with Crippen LogP contribution in [0.4, 0.5) is 0 Å². The summed E-state index contributed by atoms with van der Waals surface area (Å²) in [6.07, 6.45) is 4.80. The molecule has 1 saturated heterocycles. The van der Waals surface area contributed by atoms with E-state index in [9.17, 15) is 4.79 Å². The van der Waals surface area contributed by atoms with Crippen molar-refractivity contribution in [2.24, 2.45) is 5.41 Å². The van der Waals surface area contributed by atoms with Gasteiger partial charge in [0.1, 0.15) is 0 Å². The molecule has 0 spiro atoms. The molecule has 1 aromatic rings. The molecule has 4 nitrogen and oxygen atoms in total. The number of pyridine rings is 1. The van der Waals surface area contributed by atoms with E-state index >= 15 is 0 Å². The maximum absolute atomic E-state index is 12.2. The summed E-state index contributed by atoms with van der Waals surface area (Å²) >= 11 is 0. The predicted octanol–water partition coefficient (Wildman–Crippen LogP) is 1.94. The lowest BCUT2D eigenvalue weighted by atomic mass is 9.77. The number of amides is 1. The molecular formula is C15H24ClN3O. The summed E-state index contributed by atoms with van der Waals surface area (Å²) in [6, 6.07) is 5.77. The predicted molar refractivity (Wildman–Crippen MR) is 83.0 cm³/mol. The zero-order chi connectivity index (χ0) is 13.7. The zero-order valence-electron chi connectivity index (χ0n) is 12.2. The first kappa shape index (κ1) is 16.9. The molecule has 1 aromatic heterocycles. The van der Waals surface area contributed by atoms with Crippen molar-refractivity contribution in [3.63, 3.8) is 0 Å². The number of hydrogen-bond donors (Lipinski definition) is 2. The quantitative estimate of drug-likeness (QED) is 0.893. The number of rotatable bonds is 4. The van der Waals surface area contributed by atoms with Crippen molar-refractivity contribution in [1.82, 2.24) is 15.6 Å². The van der Waals surface area contributed by atoms with Gasteiger partial charge in [-0.3, -0.25) is 9.78 Å². The van der Waals surface area contributed by atoms with Gasteiger partial charge < -0.3 is 10.6 Å². The molecule has 2 heterocycles. The van der Waals surface area contributed by atoms with Crippen molar-refractivity contribution in [1.29, 1.82) is 0 Å². The van der Waals surface area contributed by atoms with E-state index in [1.54, 1.807) is 6.20 Å². The molecule has 1 aliphatic rings. The number of aromatic nitrogens is 1. The Kier molecular flexibility index (Phi) is 6.43. The van der Waals surface area contributed by atoms with Crippen molar-refractivity contribution >= 4 is 18.3 Å². The lowest BCUT2D eigenvalue weighted by molar-refractivity contribution is -0.126. The summed E-state index contributed by atoms with van der Waals surface area (Å²) in [5.74, 6) is 0.112. The Hall–Kier alpha value is -1.13. The second kappa shape index (κ2) is 7.60. The topological polar surface area (TPSA) is 54.0 Å².